The highest BCUT2D eigenvalue weighted by atomic mass is 16.5. The molecule has 0 spiro atoms. The number of carbonyl (C=O) groups is 2. The van der Waals surface area contributed by atoms with Crippen LogP contribution in [-0.2, 0) is 14.3 Å². The molecule has 2 saturated carbocycles. The van der Waals surface area contributed by atoms with Crippen LogP contribution in [0.5, 0.6) is 0 Å². The van der Waals surface area contributed by atoms with Crippen LogP contribution in [0.15, 0.2) is 36.4 Å². The van der Waals surface area contributed by atoms with Gasteiger partial charge in [0.25, 0.3) is 0 Å². The summed E-state index contributed by atoms with van der Waals surface area (Å²) in [5.41, 5.74) is 0. The van der Waals surface area contributed by atoms with Gasteiger partial charge in [-0.1, -0.05) is 81.3 Å². The Morgan fingerprint density at radius 3 is 1.26 bits per heavy atom. The second-order valence-electron chi connectivity index (χ2n) is 7.41. The Morgan fingerprint density at radius 1 is 0.481 bits per heavy atom. The molecule has 0 radical (unpaired) electrons. The van der Waals surface area contributed by atoms with Gasteiger partial charge < -0.3 is 4.74 Å². The Kier molecular flexibility index (Phi) is 15.4. The highest BCUT2D eigenvalue weighted by Crippen LogP contribution is 2.15. The fourth-order valence-electron chi connectivity index (χ4n) is 3.20. The van der Waals surface area contributed by atoms with E-state index in [1.807, 2.05) is 36.4 Å². The summed E-state index contributed by atoms with van der Waals surface area (Å²) in [7, 11) is 0. The molecular formula is C24H38O3. The topological polar surface area (TPSA) is 43.4 Å². The number of esters is 1. The van der Waals surface area contributed by atoms with E-state index in [1.165, 1.54) is 44.9 Å². The second kappa shape index (κ2) is 17.8. The maximum atomic E-state index is 10.5. The molecule has 3 heteroatoms. The summed E-state index contributed by atoms with van der Waals surface area (Å²) in [6.45, 7) is 0.638. The number of carbonyl (C=O) groups excluding carboxylic acids is 2. The molecule has 152 valence electrons. The molecule has 0 atom stereocenters. The lowest BCUT2D eigenvalue weighted by atomic mass is 10.00. The van der Waals surface area contributed by atoms with Crippen molar-refractivity contribution in [3.63, 3.8) is 0 Å². The van der Waals surface area contributed by atoms with E-state index in [-0.39, 0.29) is 5.97 Å². The van der Waals surface area contributed by atoms with Crippen LogP contribution >= 0.6 is 0 Å². The number of cyclic esters (lactones) is 1. The number of hydrogen-bond acceptors (Lipinski definition) is 3. The van der Waals surface area contributed by atoms with Crippen LogP contribution in [-0.4, -0.2) is 18.4 Å². The standard InChI is InChI=1S/C6H10O2.C6H10O.C6H12.C6H6/c7-6-4-2-1-3-5-8-6;7-6-4-2-1-3-5-6;2*1-2-4-6-5-3-1/h1-5H2;1-5H2;1-6H2;1-6H. The summed E-state index contributed by atoms with van der Waals surface area (Å²) in [5.74, 6) is 0.439. The van der Waals surface area contributed by atoms with Gasteiger partial charge in [0.1, 0.15) is 5.78 Å². The Hall–Kier alpha value is -1.64. The van der Waals surface area contributed by atoms with Gasteiger partial charge in [-0.25, -0.2) is 0 Å². The van der Waals surface area contributed by atoms with E-state index in [1.54, 1.807) is 0 Å². The average molecular weight is 375 g/mol. The molecule has 0 N–H and O–H groups in total. The molecule has 27 heavy (non-hydrogen) atoms. The molecule has 0 aromatic heterocycles. The van der Waals surface area contributed by atoms with E-state index in [4.69, 9.17) is 4.74 Å². The van der Waals surface area contributed by atoms with Gasteiger partial charge in [-0.2, -0.15) is 0 Å². The van der Waals surface area contributed by atoms with E-state index >= 15 is 0 Å². The molecule has 0 amide bonds. The van der Waals surface area contributed by atoms with Crippen molar-refractivity contribution in [3.8, 4) is 0 Å². The highest BCUT2D eigenvalue weighted by Gasteiger charge is 2.06. The van der Waals surface area contributed by atoms with Gasteiger partial charge in [-0.05, 0) is 32.1 Å². The summed E-state index contributed by atoms with van der Waals surface area (Å²) in [6.07, 6.45) is 18.1. The lowest BCUT2D eigenvalue weighted by Crippen LogP contribution is -2.02. The van der Waals surface area contributed by atoms with Crippen molar-refractivity contribution in [1.29, 1.82) is 0 Å². The molecule has 3 nitrogen and oxygen atoms in total. The molecule has 4 rings (SSSR count). The third-order valence-electron chi connectivity index (χ3n) is 4.87. The van der Waals surface area contributed by atoms with E-state index in [0.717, 1.165) is 44.9 Å². The molecule has 1 aliphatic heterocycles. The molecule has 3 aliphatic rings. The lowest BCUT2D eigenvalue weighted by molar-refractivity contribution is -0.142. The molecule has 1 aromatic rings. The van der Waals surface area contributed by atoms with Crippen LogP contribution in [0.3, 0.4) is 0 Å². The van der Waals surface area contributed by atoms with Crippen molar-refractivity contribution >= 4 is 11.8 Å². The zero-order chi connectivity index (χ0) is 19.4. The summed E-state index contributed by atoms with van der Waals surface area (Å²) < 4.78 is 4.76. The van der Waals surface area contributed by atoms with E-state index in [0.29, 0.717) is 18.8 Å². The molecule has 0 unspecified atom stereocenters. The first-order valence-corrected chi connectivity index (χ1v) is 11.0. The van der Waals surface area contributed by atoms with Gasteiger partial charge in [0.05, 0.1) is 6.61 Å². The molecule has 1 heterocycles. The Balaban J connectivity index is 0.000000181. The zero-order valence-corrected chi connectivity index (χ0v) is 17.0. The molecule has 1 saturated heterocycles. The predicted octanol–water partition coefficient (Wildman–Crippen LogP) is 6.65. The van der Waals surface area contributed by atoms with Gasteiger partial charge in [-0.15, -0.1) is 0 Å². The molecule has 0 bridgehead atoms. The van der Waals surface area contributed by atoms with Crippen molar-refractivity contribution in [2.75, 3.05) is 6.61 Å². The molecular weight excluding hydrogens is 336 g/mol. The maximum Gasteiger partial charge on any atom is 0.305 e. The highest BCUT2D eigenvalue weighted by molar-refractivity contribution is 5.78. The minimum Gasteiger partial charge on any atom is -0.466 e. The fourth-order valence-corrected chi connectivity index (χ4v) is 3.20. The molecule has 2 aliphatic carbocycles. The van der Waals surface area contributed by atoms with Crippen molar-refractivity contribution < 1.29 is 14.3 Å². The Morgan fingerprint density at radius 2 is 0.852 bits per heavy atom. The number of ether oxygens (including phenoxy) is 1. The van der Waals surface area contributed by atoms with E-state index < -0.39 is 0 Å². The van der Waals surface area contributed by atoms with Crippen LogP contribution in [0.1, 0.15) is 96.3 Å². The second-order valence-corrected chi connectivity index (χ2v) is 7.41. The van der Waals surface area contributed by atoms with E-state index in [2.05, 4.69) is 0 Å². The number of benzene rings is 1. The summed E-state index contributed by atoms with van der Waals surface area (Å²) in [6, 6.07) is 12.0. The molecule has 1 aromatic carbocycles. The number of Topliss-reactive ketones (excluding diaryl/α,β-unsaturated/α-hetero) is 1. The van der Waals surface area contributed by atoms with Crippen LogP contribution in [0.2, 0.25) is 0 Å². The van der Waals surface area contributed by atoms with Crippen LogP contribution < -0.4 is 0 Å². The summed E-state index contributed by atoms with van der Waals surface area (Å²) >= 11 is 0. The largest absolute Gasteiger partial charge is 0.466 e. The van der Waals surface area contributed by atoms with Gasteiger partial charge in [0, 0.05) is 19.3 Å². The molecule has 3 fully saturated rings. The van der Waals surface area contributed by atoms with Gasteiger partial charge >= 0.3 is 5.97 Å². The fraction of sp³-hybridized carbons (Fsp3) is 0.667. The Bertz CT molecular complexity index is 410. The van der Waals surface area contributed by atoms with Gasteiger partial charge in [0.15, 0.2) is 0 Å². The number of rotatable bonds is 0. The third-order valence-corrected chi connectivity index (χ3v) is 4.87. The Labute approximate surface area is 165 Å². The minimum atomic E-state index is -0.0255. The first-order valence-electron chi connectivity index (χ1n) is 11.0. The van der Waals surface area contributed by atoms with Crippen molar-refractivity contribution in [2.45, 2.75) is 96.3 Å². The maximum absolute atomic E-state index is 10.5. The lowest BCUT2D eigenvalue weighted by Gasteiger charge is -2.05. The first-order chi connectivity index (χ1) is 13.3. The van der Waals surface area contributed by atoms with Crippen molar-refractivity contribution in [3.05, 3.63) is 36.4 Å². The number of hydrogen-bond donors (Lipinski definition) is 0. The predicted molar refractivity (Wildman–Crippen MR) is 112 cm³/mol. The minimum absolute atomic E-state index is 0.0255. The quantitative estimate of drug-likeness (QED) is 0.477. The third kappa shape index (κ3) is 16.3. The van der Waals surface area contributed by atoms with Crippen LogP contribution in [0, 0.1) is 0 Å². The smallest absolute Gasteiger partial charge is 0.305 e. The van der Waals surface area contributed by atoms with Crippen LogP contribution in [0.25, 0.3) is 0 Å². The SMILES string of the molecule is C1CCCCC1.O=C1CCCCC1.O=C1CCCCCO1.c1ccccc1. The summed E-state index contributed by atoms with van der Waals surface area (Å²) in [5, 5.41) is 0. The number of ketones is 1. The van der Waals surface area contributed by atoms with Gasteiger partial charge in [0.2, 0.25) is 0 Å². The monoisotopic (exact) mass is 374 g/mol. The van der Waals surface area contributed by atoms with E-state index in [9.17, 15) is 9.59 Å². The van der Waals surface area contributed by atoms with Crippen LogP contribution in [0.4, 0.5) is 0 Å². The summed E-state index contributed by atoms with van der Waals surface area (Å²) in [4.78, 5) is 20.9. The average Bonchev–Trinajstić information content (AvgIpc) is 3.00. The van der Waals surface area contributed by atoms with Gasteiger partial charge in [-0.3, -0.25) is 9.59 Å². The normalized spacial score (nSPS) is 19.4. The van der Waals surface area contributed by atoms with Crippen molar-refractivity contribution in [2.24, 2.45) is 0 Å². The zero-order valence-electron chi connectivity index (χ0n) is 17.0. The first kappa shape index (κ1) is 23.4. The van der Waals surface area contributed by atoms with Crippen molar-refractivity contribution in [1.82, 2.24) is 0 Å².